The molecule has 1 saturated heterocycles. The Bertz CT molecular complexity index is 812. The van der Waals surface area contributed by atoms with Crippen molar-refractivity contribution in [1.82, 2.24) is 5.43 Å². The predicted octanol–water partition coefficient (Wildman–Crippen LogP) is 3.17. The van der Waals surface area contributed by atoms with E-state index in [9.17, 15) is 4.79 Å². The van der Waals surface area contributed by atoms with E-state index >= 15 is 0 Å². The quantitative estimate of drug-likeness (QED) is 0.679. The summed E-state index contributed by atoms with van der Waals surface area (Å²) in [6.07, 6.45) is 5.49. The number of fused-ring (bicyclic) bond motifs is 1. The van der Waals surface area contributed by atoms with Crippen LogP contribution in [0.15, 0.2) is 47.6 Å². The number of carbonyl (C=O) groups excluding carboxylic acids is 1. The van der Waals surface area contributed by atoms with Gasteiger partial charge in [0.2, 0.25) is 6.79 Å². The van der Waals surface area contributed by atoms with Crippen LogP contribution in [0.2, 0.25) is 0 Å². The lowest BCUT2D eigenvalue weighted by atomic mass is 10.1. The van der Waals surface area contributed by atoms with E-state index in [-0.39, 0.29) is 12.7 Å². The molecule has 2 heterocycles. The Morgan fingerprint density at radius 1 is 1.00 bits per heavy atom. The average molecular weight is 351 g/mol. The van der Waals surface area contributed by atoms with Crippen molar-refractivity contribution in [2.75, 3.05) is 24.8 Å². The van der Waals surface area contributed by atoms with Crippen LogP contribution in [0.4, 0.5) is 5.69 Å². The fraction of sp³-hybridized carbons (Fsp3) is 0.300. The van der Waals surface area contributed by atoms with Gasteiger partial charge in [-0.2, -0.15) is 5.10 Å². The monoisotopic (exact) mass is 351 g/mol. The number of anilines is 1. The van der Waals surface area contributed by atoms with Crippen LogP contribution in [0.1, 0.15) is 35.2 Å². The molecule has 0 aliphatic carbocycles. The minimum absolute atomic E-state index is 0.186. The van der Waals surface area contributed by atoms with Crippen LogP contribution in [0.5, 0.6) is 11.5 Å². The predicted molar refractivity (Wildman–Crippen MR) is 100 cm³/mol. The van der Waals surface area contributed by atoms with Crippen LogP contribution in [0.25, 0.3) is 0 Å². The molecular formula is C20H21N3O3. The second kappa shape index (κ2) is 7.47. The third kappa shape index (κ3) is 3.64. The third-order valence-electron chi connectivity index (χ3n) is 4.63. The molecule has 2 aliphatic heterocycles. The van der Waals surface area contributed by atoms with Crippen molar-refractivity contribution in [3.05, 3.63) is 53.6 Å². The van der Waals surface area contributed by atoms with Crippen LogP contribution in [0, 0.1) is 0 Å². The van der Waals surface area contributed by atoms with Gasteiger partial charge in [0.15, 0.2) is 11.5 Å². The van der Waals surface area contributed by atoms with E-state index in [1.165, 1.54) is 24.9 Å². The molecule has 1 fully saturated rings. The van der Waals surface area contributed by atoms with Gasteiger partial charge in [-0.05, 0) is 55.2 Å². The highest BCUT2D eigenvalue weighted by atomic mass is 16.7. The van der Waals surface area contributed by atoms with Crippen molar-refractivity contribution >= 4 is 17.8 Å². The van der Waals surface area contributed by atoms with Gasteiger partial charge in [-0.3, -0.25) is 4.79 Å². The van der Waals surface area contributed by atoms with Crippen molar-refractivity contribution in [1.29, 1.82) is 0 Å². The maximum atomic E-state index is 12.2. The van der Waals surface area contributed by atoms with Crippen molar-refractivity contribution in [2.24, 2.45) is 5.10 Å². The van der Waals surface area contributed by atoms with Crippen LogP contribution in [-0.4, -0.2) is 32.0 Å². The molecule has 6 nitrogen and oxygen atoms in total. The van der Waals surface area contributed by atoms with Gasteiger partial charge < -0.3 is 14.4 Å². The summed E-state index contributed by atoms with van der Waals surface area (Å²) in [5, 5.41) is 4.04. The molecule has 0 saturated carbocycles. The van der Waals surface area contributed by atoms with Gasteiger partial charge in [-0.25, -0.2) is 5.43 Å². The maximum absolute atomic E-state index is 12.2. The van der Waals surface area contributed by atoms with E-state index < -0.39 is 0 Å². The molecule has 0 aromatic heterocycles. The molecule has 0 bridgehead atoms. The zero-order valence-corrected chi connectivity index (χ0v) is 14.5. The fourth-order valence-corrected chi connectivity index (χ4v) is 3.19. The summed E-state index contributed by atoms with van der Waals surface area (Å²) in [4.78, 5) is 14.6. The highest BCUT2D eigenvalue weighted by Gasteiger charge is 2.16. The molecule has 6 heteroatoms. The summed E-state index contributed by atoms with van der Waals surface area (Å²) in [6, 6.07) is 13.3. The van der Waals surface area contributed by atoms with E-state index in [1.54, 1.807) is 24.4 Å². The van der Waals surface area contributed by atoms with Crippen molar-refractivity contribution in [2.45, 2.75) is 19.3 Å². The lowest BCUT2D eigenvalue weighted by Crippen LogP contribution is -2.29. The molecule has 0 atom stereocenters. The summed E-state index contributed by atoms with van der Waals surface area (Å²) < 4.78 is 10.5. The van der Waals surface area contributed by atoms with Crippen LogP contribution >= 0.6 is 0 Å². The van der Waals surface area contributed by atoms with Gasteiger partial charge >= 0.3 is 0 Å². The summed E-state index contributed by atoms with van der Waals surface area (Å²) in [5.74, 6) is 0.943. The summed E-state index contributed by atoms with van der Waals surface area (Å²) in [6.45, 7) is 2.43. The number of hydrogen-bond donors (Lipinski definition) is 1. The van der Waals surface area contributed by atoms with E-state index in [0.29, 0.717) is 17.1 Å². The van der Waals surface area contributed by atoms with Crippen molar-refractivity contribution in [3.8, 4) is 11.5 Å². The summed E-state index contributed by atoms with van der Waals surface area (Å²) >= 11 is 0. The molecule has 0 spiro atoms. The van der Waals surface area contributed by atoms with Gasteiger partial charge in [0.1, 0.15) is 0 Å². The number of nitrogens with zero attached hydrogens (tertiary/aromatic N) is 2. The topological polar surface area (TPSA) is 63.2 Å². The number of hydrogen-bond acceptors (Lipinski definition) is 5. The van der Waals surface area contributed by atoms with Crippen LogP contribution in [-0.2, 0) is 0 Å². The van der Waals surface area contributed by atoms with Crippen molar-refractivity contribution < 1.29 is 14.3 Å². The minimum Gasteiger partial charge on any atom is -0.454 e. The first-order valence-electron chi connectivity index (χ1n) is 8.88. The number of rotatable bonds is 4. The molecule has 4 rings (SSSR count). The second-order valence-corrected chi connectivity index (χ2v) is 6.41. The number of ether oxygens (including phenoxy) is 2. The number of nitrogens with one attached hydrogen (secondary N) is 1. The average Bonchev–Trinajstić information content (AvgIpc) is 3.17. The number of amides is 1. The van der Waals surface area contributed by atoms with E-state index in [4.69, 9.17) is 9.47 Å². The lowest BCUT2D eigenvalue weighted by Gasteiger charge is -2.28. The Morgan fingerprint density at radius 3 is 2.58 bits per heavy atom. The minimum atomic E-state index is -0.288. The van der Waals surface area contributed by atoms with Gasteiger partial charge in [0, 0.05) is 24.3 Å². The fourth-order valence-electron chi connectivity index (χ4n) is 3.19. The molecule has 2 aromatic rings. The molecular weight excluding hydrogens is 330 g/mol. The van der Waals surface area contributed by atoms with Crippen molar-refractivity contribution in [3.63, 3.8) is 0 Å². The first kappa shape index (κ1) is 16.4. The molecule has 26 heavy (non-hydrogen) atoms. The number of carbonyl (C=O) groups is 1. The van der Waals surface area contributed by atoms with Gasteiger partial charge in [0.25, 0.3) is 5.91 Å². The first-order chi connectivity index (χ1) is 12.8. The van der Waals surface area contributed by atoms with Gasteiger partial charge in [-0.1, -0.05) is 12.1 Å². The number of hydrazone groups is 1. The van der Waals surface area contributed by atoms with Gasteiger partial charge in [-0.15, -0.1) is 0 Å². The highest BCUT2D eigenvalue weighted by molar-refractivity contribution is 5.95. The van der Waals surface area contributed by atoms with E-state index in [2.05, 4.69) is 27.6 Å². The Morgan fingerprint density at radius 2 is 1.77 bits per heavy atom. The Kier molecular flexibility index (Phi) is 4.73. The standard InChI is InChI=1S/C20H21N3O3/c24-20(16-6-9-18-19(12-16)26-14-25-18)22-21-13-15-4-7-17(8-5-15)23-10-2-1-3-11-23/h4-9,12-13H,1-3,10-11,14H2,(H,22,24)/b21-13-. The van der Waals surface area contributed by atoms with Gasteiger partial charge in [0.05, 0.1) is 6.21 Å². The largest absolute Gasteiger partial charge is 0.454 e. The van der Waals surface area contributed by atoms with Crippen LogP contribution < -0.4 is 19.8 Å². The Labute approximate surface area is 152 Å². The zero-order valence-electron chi connectivity index (χ0n) is 14.5. The molecule has 0 radical (unpaired) electrons. The highest BCUT2D eigenvalue weighted by Crippen LogP contribution is 2.32. The normalized spacial score (nSPS) is 16.1. The maximum Gasteiger partial charge on any atom is 0.271 e. The second-order valence-electron chi connectivity index (χ2n) is 6.41. The van der Waals surface area contributed by atoms with E-state index in [1.807, 2.05) is 12.1 Å². The lowest BCUT2D eigenvalue weighted by molar-refractivity contribution is 0.0954. The summed E-state index contributed by atoms with van der Waals surface area (Å²) in [7, 11) is 0. The zero-order chi connectivity index (χ0) is 17.8. The molecule has 1 amide bonds. The first-order valence-corrected chi connectivity index (χ1v) is 8.88. The SMILES string of the molecule is O=C(N/N=C\c1ccc(N2CCCCC2)cc1)c1ccc2c(c1)OCO2. The molecule has 134 valence electrons. The van der Waals surface area contributed by atoms with E-state index in [0.717, 1.165) is 18.7 Å². The smallest absolute Gasteiger partial charge is 0.271 e. The Balaban J connectivity index is 1.35. The van der Waals surface area contributed by atoms with Crippen LogP contribution in [0.3, 0.4) is 0 Å². The number of piperidine rings is 1. The molecule has 2 aromatic carbocycles. The number of benzene rings is 2. The summed E-state index contributed by atoms with van der Waals surface area (Å²) in [5.41, 5.74) is 5.20. The molecule has 2 aliphatic rings. The third-order valence-corrected chi connectivity index (χ3v) is 4.63. The Hall–Kier alpha value is -3.02. The molecule has 0 unspecified atom stereocenters. The molecule has 1 N–H and O–H groups in total.